The molecule has 1 aromatic carbocycles. The molecule has 60 valence electrons. The van der Waals surface area contributed by atoms with Crippen LogP contribution in [0.3, 0.4) is 0 Å². The average molecular weight is 193 g/mol. The SMILES string of the molecule is Cl.O=C(O)c1cccc(Cl)c1. The van der Waals surface area contributed by atoms with E-state index in [1.54, 1.807) is 12.1 Å². The quantitative estimate of drug-likeness (QED) is 0.743. The van der Waals surface area contributed by atoms with Crippen molar-refractivity contribution in [3.8, 4) is 0 Å². The Morgan fingerprint density at radius 3 is 2.45 bits per heavy atom. The number of carbonyl (C=O) groups is 1. The summed E-state index contributed by atoms with van der Waals surface area (Å²) >= 11 is 5.53. The van der Waals surface area contributed by atoms with Gasteiger partial charge in [-0.1, -0.05) is 17.7 Å². The fraction of sp³-hybridized carbons (Fsp3) is 0. The number of carboxylic acids is 1. The van der Waals surface area contributed by atoms with Crippen molar-refractivity contribution in [1.29, 1.82) is 0 Å². The molecule has 0 heterocycles. The van der Waals surface area contributed by atoms with E-state index >= 15 is 0 Å². The van der Waals surface area contributed by atoms with Gasteiger partial charge in [-0.2, -0.15) is 0 Å². The molecule has 0 aromatic heterocycles. The number of carboxylic acid groups (broad SMARTS) is 1. The highest BCUT2D eigenvalue weighted by atomic mass is 35.5. The van der Waals surface area contributed by atoms with Gasteiger partial charge in [0.15, 0.2) is 0 Å². The number of halogens is 2. The molecular weight excluding hydrogens is 187 g/mol. The first-order chi connectivity index (χ1) is 4.70. The van der Waals surface area contributed by atoms with Gasteiger partial charge in [0, 0.05) is 5.02 Å². The van der Waals surface area contributed by atoms with Crippen LogP contribution in [0.2, 0.25) is 5.02 Å². The number of rotatable bonds is 1. The third kappa shape index (κ3) is 2.78. The Morgan fingerprint density at radius 2 is 2.09 bits per heavy atom. The fourth-order valence-electron chi connectivity index (χ4n) is 0.622. The van der Waals surface area contributed by atoms with Gasteiger partial charge in [0.1, 0.15) is 0 Å². The molecule has 0 fully saturated rings. The van der Waals surface area contributed by atoms with Gasteiger partial charge in [-0.05, 0) is 18.2 Å². The Morgan fingerprint density at radius 1 is 1.45 bits per heavy atom. The molecule has 4 heteroatoms. The minimum Gasteiger partial charge on any atom is -0.478 e. The van der Waals surface area contributed by atoms with Crippen LogP contribution in [0.1, 0.15) is 10.4 Å². The molecule has 1 aromatic rings. The van der Waals surface area contributed by atoms with Crippen molar-refractivity contribution in [3.63, 3.8) is 0 Å². The van der Waals surface area contributed by atoms with Crippen LogP contribution in [0.5, 0.6) is 0 Å². The van der Waals surface area contributed by atoms with Crippen molar-refractivity contribution in [2.45, 2.75) is 0 Å². The number of hydrogen-bond acceptors (Lipinski definition) is 1. The number of hydrogen-bond donors (Lipinski definition) is 1. The molecule has 0 aliphatic carbocycles. The van der Waals surface area contributed by atoms with Crippen LogP contribution < -0.4 is 0 Å². The monoisotopic (exact) mass is 192 g/mol. The Labute approximate surface area is 75.2 Å². The highest BCUT2D eigenvalue weighted by Crippen LogP contribution is 2.09. The zero-order valence-corrected chi connectivity index (χ0v) is 7.02. The first-order valence-corrected chi connectivity index (χ1v) is 3.07. The van der Waals surface area contributed by atoms with Crippen molar-refractivity contribution < 1.29 is 9.90 Å². The van der Waals surface area contributed by atoms with Gasteiger partial charge in [0.25, 0.3) is 0 Å². The topological polar surface area (TPSA) is 37.3 Å². The van der Waals surface area contributed by atoms with Crippen molar-refractivity contribution in [2.75, 3.05) is 0 Å². The molecule has 0 aliphatic heterocycles. The molecule has 0 unspecified atom stereocenters. The third-order valence-corrected chi connectivity index (χ3v) is 1.31. The zero-order chi connectivity index (χ0) is 7.56. The van der Waals surface area contributed by atoms with Gasteiger partial charge in [0.2, 0.25) is 0 Å². The highest BCUT2D eigenvalue weighted by Gasteiger charge is 2.00. The largest absolute Gasteiger partial charge is 0.478 e. The summed E-state index contributed by atoms with van der Waals surface area (Å²) in [5.41, 5.74) is 0.215. The minimum atomic E-state index is -0.956. The second-order valence-corrected chi connectivity index (χ2v) is 2.25. The van der Waals surface area contributed by atoms with Gasteiger partial charge in [-0.3, -0.25) is 0 Å². The first-order valence-electron chi connectivity index (χ1n) is 2.69. The Kier molecular flexibility index (Phi) is 3.93. The Hall–Kier alpha value is -0.730. The summed E-state index contributed by atoms with van der Waals surface area (Å²) in [6, 6.07) is 6.14. The maximum Gasteiger partial charge on any atom is 0.335 e. The summed E-state index contributed by atoms with van der Waals surface area (Å²) < 4.78 is 0. The van der Waals surface area contributed by atoms with Gasteiger partial charge in [-0.25, -0.2) is 4.79 Å². The van der Waals surface area contributed by atoms with E-state index in [9.17, 15) is 4.79 Å². The Balaban J connectivity index is 0.000001000. The molecule has 1 N–H and O–H groups in total. The van der Waals surface area contributed by atoms with Gasteiger partial charge in [-0.15, -0.1) is 12.4 Å². The van der Waals surface area contributed by atoms with E-state index in [0.717, 1.165) is 0 Å². The molecular formula is C7H6Cl2O2. The summed E-state index contributed by atoms with van der Waals surface area (Å²) in [6.07, 6.45) is 0. The summed E-state index contributed by atoms with van der Waals surface area (Å²) in [5.74, 6) is -0.956. The molecule has 0 atom stereocenters. The van der Waals surface area contributed by atoms with Crippen LogP contribution in [0.25, 0.3) is 0 Å². The van der Waals surface area contributed by atoms with E-state index in [1.165, 1.54) is 12.1 Å². The van der Waals surface area contributed by atoms with Crippen LogP contribution in [0.15, 0.2) is 24.3 Å². The average Bonchev–Trinajstić information content (AvgIpc) is 1.88. The van der Waals surface area contributed by atoms with E-state index < -0.39 is 5.97 Å². The van der Waals surface area contributed by atoms with Crippen molar-refractivity contribution in [3.05, 3.63) is 34.9 Å². The summed E-state index contributed by atoms with van der Waals surface area (Å²) in [5, 5.41) is 8.89. The predicted octanol–water partition coefficient (Wildman–Crippen LogP) is 2.46. The molecule has 0 radical (unpaired) electrons. The normalized spacial score (nSPS) is 8.45. The van der Waals surface area contributed by atoms with E-state index in [-0.39, 0.29) is 18.0 Å². The number of benzene rings is 1. The molecule has 2 nitrogen and oxygen atoms in total. The van der Waals surface area contributed by atoms with Gasteiger partial charge < -0.3 is 5.11 Å². The van der Waals surface area contributed by atoms with Gasteiger partial charge >= 0.3 is 5.97 Å². The second-order valence-electron chi connectivity index (χ2n) is 1.82. The van der Waals surface area contributed by atoms with Crippen molar-refractivity contribution in [2.24, 2.45) is 0 Å². The lowest BCUT2D eigenvalue weighted by Gasteiger charge is -1.92. The maximum atomic E-state index is 10.3. The molecule has 0 aliphatic rings. The van der Waals surface area contributed by atoms with Crippen LogP contribution in [-0.4, -0.2) is 11.1 Å². The molecule has 0 saturated carbocycles. The van der Waals surface area contributed by atoms with Crippen molar-refractivity contribution >= 4 is 30.0 Å². The first kappa shape index (κ1) is 10.3. The van der Waals surface area contributed by atoms with Crippen LogP contribution in [0, 0.1) is 0 Å². The smallest absolute Gasteiger partial charge is 0.335 e. The fourth-order valence-corrected chi connectivity index (χ4v) is 0.812. The third-order valence-electron chi connectivity index (χ3n) is 1.07. The summed E-state index contributed by atoms with van der Waals surface area (Å²) in [7, 11) is 0. The number of aromatic carboxylic acids is 1. The zero-order valence-electron chi connectivity index (χ0n) is 5.45. The van der Waals surface area contributed by atoms with Crippen LogP contribution in [0.4, 0.5) is 0 Å². The summed E-state index contributed by atoms with van der Waals surface area (Å²) in [6.45, 7) is 0. The molecule has 11 heavy (non-hydrogen) atoms. The molecule has 0 amide bonds. The van der Waals surface area contributed by atoms with Crippen LogP contribution >= 0.6 is 24.0 Å². The molecule has 1 rings (SSSR count). The summed E-state index contributed by atoms with van der Waals surface area (Å²) in [4.78, 5) is 10.3. The van der Waals surface area contributed by atoms with E-state index in [1.807, 2.05) is 0 Å². The standard InChI is InChI=1S/C7H5ClO2.ClH/c8-6-3-1-2-5(4-6)7(9)10;/h1-4H,(H,9,10);1H. The van der Waals surface area contributed by atoms with E-state index in [2.05, 4.69) is 0 Å². The molecule has 0 bridgehead atoms. The lowest BCUT2D eigenvalue weighted by atomic mass is 10.2. The minimum absolute atomic E-state index is 0. The van der Waals surface area contributed by atoms with Crippen molar-refractivity contribution in [1.82, 2.24) is 0 Å². The van der Waals surface area contributed by atoms with Crippen LogP contribution in [-0.2, 0) is 0 Å². The highest BCUT2D eigenvalue weighted by molar-refractivity contribution is 6.30. The van der Waals surface area contributed by atoms with Gasteiger partial charge in [0.05, 0.1) is 5.56 Å². The Bertz CT molecular complexity index is 260. The predicted molar refractivity (Wildman–Crippen MR) is 45.7 cm³/mol. The van der Waals surface area contributed by atoms with E-state index in [4.69, 9.17) is 16.7 Å². The molecule has 0 saturated heterocycles. The second kappa shape index (κ2) is 4.21. The lowest BCUT2D eigenvalue weighted by Crippen LogP contribution is -1.94. The molecule has 0 spiro atoms. The van der Waals surface area contributed by atoms with E-state index in [0.29, 0.717) is 5.02 Å². The maximum absolute atomic E-state index is 10.3. The lowest BCUT2D eigenvalue weighted by molar-refractivity contribution is 0.0697.